The van der Waals surface area contributed by atoms with Gasteiger partial charge in [0.2, 0.25) is 0 Å². The van der Waals surface area contributed by atoms with Gasteiger partial charge in [-0.1, -0.05) is 0 Å². The number of benzene rings is 1. The molecule has 0 saturated heterocycles. The van der Waals surface area contributed by atoms with Crippen molar-refractivity contribution in [2.75, 3.05) is 20.2 Å². The Morgan fingerprint density at radius 1 is 1.24 bits per heavy atom. The minimum atomic E-state index is 0.145. The molecule has 2 N–H and O–H groups in total. The van der Waals surface area contributed by atoms with Crippen molar-refractivity contribution in [1.82, 2.24) is 10.2 Å². The van der Waals surface area contributed by atoms with Gasteiger partial charge < -0.3 is 15.2 Å². The summed E-state index contributed by atoms with van der Waals surface area (Å²) in [7, 11) is 1.56. The Labute approximate surface area is 136 Å². The van der Waals surface area contributed by atoms with E-state index in [4.69, 9.17) is 4.74 Å². The van der Waals surface area contributed by atoms with Crippen LogP contribution in [0.15, 0.2) is 16.6 Å². The van der Waals surface area contributed by atoms with E-state index in [0.717, 1.165) is 25.2 Å². The van der Waals surface area contributed by atoms with Crippen LogP contribution in [-0.4, -0.2) is 42.3 Å². The SMILES string of the molecule is COc1cc(CNCCN(C(C)C)C(C)C)cc(Br)c1O. The molecule has 0 saturated carbocycles. The first-order valence-corrected chi connectivity index (χ1v) is 8.18. The monoisotopic (exact) mass is 358 g/mol. The van der Waals surface area contributed by atoms with Crippen molar-refractivity contribution in [3.05, 3.63) is 22.2 Å². The quantitative estimate of drug-likeness (QED) is 0.699. The first-order chi connectivity index (χ1) is 9.86. The summed E-state index contributed by atoms with van der Waals surface area (Å²) in [5.74, 6) is 0.638. The van der Waals surface area contributed by atoms with Gasteiger partial charge in [-0.15, -0.1) is 0 Å². The molecule has 1 aromatic carbocycles. The Morgan fingerprint density at radius 2 is 1.86 bits per heavy atom. The van der Waals surface area contributed by atoms with Crippen LogP contribution in [0, 0.1) is 0 Å². The van der Waals surface area contributed by atoms with E-state index in [1.165, 1.54) is 0 Å². The van der Waals surface area contributed by atoms with Crippen LogP contribution < -0.4 is 10.1 Å². The summed E-state index contributed by atoms with van der Waals surface area (Å²) in [6.45, 7) is 11.6. The standard InChI is InChI=1S/C16H27BrN2O2/c1-11(2)19(12(3)4)7-6-18-10-13-8-14(17)16(20)15(9-13)21-5/h8-9,11-12,18,20H,6-7,10H2,1-5H3. The molecule has 0 aromatic heterocycles. The average molecular weight is 359 g/mol. The second-order valence-corrected chi connectivity index (χ2v) is 6.58. The summed E-state index contributed by atoms with van der Waals surface area (Å²) in [5.41, 5.74) is 1.08. The molecule has 0 amide bonds. The number of phenols is 1. The summed E-state index contributed by atoms with van der Waals surface area (Å²) >= 11 is 3.34. The van der Waals surface area contributed by atoms with Crippen molar-refractivity contribution in [2.24, 2.45) is 0 Å². The topological polar surface area (TPSA) is 44.7 Å². The van der Waals surface area contributed by atoms with Crippen LogP contribution in [0.5, 0.6) is 11.5 Å². The van der Waals surface area contributed by atoms with Gasteiger partial charge in [-0.3, -0.25) is 4.90 Å². The summed E-state index contributed by atoms with van der Waals surface area (Å²) in [4.78, 5) is 2.46. The van der Waals surface area contributed by atoms with Crippen molar-refractivity contribution in [3.63, 3.8) is 0 Å². The molecule has 120 valence electrons. The Hall–Kier alpha value is -0.780. The fraction of sp³-hybridized carbons (Fsp3) is 0.625. The number of hydrogen-bond acceptors (Lipinski definition) is 4. The fourth-order valence-corrected chi connectivity index (χ4v) is 2.93. The second-order valence-electron chi connectivity index (χ2n) is 5.73. The van der Waals surface area contributed by atoms with Crippen molar-refractivity contribution in [3.8, 4) is 11.5 Å². The number of nitrogens with zero attached hydrogens (tertiary/aromatic N) is 1. The number of phenolic OH excluding ortho intramolecular Hbond substituents is 1. The number of halogens is 1. The highest BCUT2D eigenvalue weighted by atomic mass is 79.9. The van der Waals surface area contributed by atoms with Crippen molar-refractivity contribution >= 4 is 15.9 Å². The lowest BCUT2D eigenvalue weighted by atomic mass is 10.2. The van der Waals surface area contributed by atoms with Crippen molar-refractivity contribution < 1.29 is 9.84 Å². The van der Waals surface area contributed by atoms with Gasteiger partial charge in [-0.25, -0.2) is 0 Å². The van der Waals surface area contributed by atoms with Gasteiger partial charge in [0.05, 0.1) is 11.6 Å². The molecule has 4 nitrogen and oxygen atoms in total. The number of hydrogen-bond donors (Lipinski definition) is 2. The third-order valence-corrected chi connectivity index (χ3v) is 4.12. The van der Waals surface area contributed by atoms with Crippen LogP contribution in [0.1, 0.15) is 33.3 Å². The molecule has 1 aromatic rings. The summed E-state index contributed by atoms with van der Waals surface area (Å²) < 4.78 is 5.81. The highest BCUT2D eigenvalue weighted by Crippen LogP contribution is 2.35. The van der Waals surface area contributed by atoms with E-state index < -0.39 is 0 Å². The van der Waals surface area contributed by atoms with Crippen molar-refractivity contribution in [2.45, 2.75) is 46.3 Å². The van der Waals surface area contributed by atoms with Crippen LogP contribution in [0.3, 0.4) is 0 Å². The highest BCUT2D eigenvalue weighted by molar-refractivity contribution is 9.10. The maximum absolute atomic E-state index is 9.79. The Morgan fingerprint density at radius 3 is 2.38 bits per heavy atom. The maximum Gasteiger partial charge on any atom is 0.172 e. The molecule has 5 heteroatoms. The third-order valence-electron chi connectivity index (χ3n) is 3.51. The highest BCUT2D eigenvalue weighted by Gasteiger charge is 2.12. The fourth-order valence-electron chi connectivity index (χ4n) is 2.44. The minimum absolute atomic E-state index is 0.145. The number of rotatable bonds is 8. The predicted octanol–water partition coefficient (Wildman–Crippen LogP) is 3.37. The molecule has 0 aliphatic rings. The zero-order chi connectivity index (χ0) is 16.0. The van der Waals surface area contributed by atoms with E-state index in [-0.39, 0.29) is 5.75 Å². The van der Waals surface area contributed by atoms with Gasteiger partial charge in [0.25, 0.3) is 0 Å². The summed E-state index contributed by atoms with van der Waals surface area (Å²) in [5, 5.41) is 13.2. The summed E-state index contributed by atoms with van der Waals surface area (Å²) in [6, 6.07) is 4.87. The molecule has 0 heterocycles. The molecule has 0 spiro atoms. The Balaban J connectivity index is 2.51. The van der Waals surface area contributed by atoms with Gasteiger partial charge in [0.15, 0.2) is 11.5 Å². The molecule has 0 bridgehead atoms. The third kappa shape index (κ3) is 5.49. The first-order valence-electron chi connectivity index (χ1n) is 7.38. The molecule has 0 atom stereocenters. The molecular formula is C16H27BrN2O2. The Bertz CT molecular complexity index is 442. The molecule has 0 radical (unpaired) electrons. The van der Waals surface area contributed by atoms with E-state index in [0.29, 0.717) is 22.3 Å². The zero-order valence-corrected chi connectivity index (χ0v) is 15.2. The lowest BCUT2D eigenvalue weighted by Gasteiger charge is -2.30. The molecule has 0 aliphatic carbocycles. The van der Waals surface area contributed by atoms with E-state index in [2.05, 4.69) is 53.8 Å². The van der Waals surface area contributed by atoms with E-state index in [9.17, 15) is 5.11 Å². The van der Waals surface area contributed by atoms with Gasteiger partial charge >= 0.3 is 0 Å². The molecule has 0 unspecified atom stereocenters. The Kier molecular flexibility index (Phi) is 7.49. The number of ether oxygens (including phenoxy) is 1. The van der Waals surface area contributed by atoms with Crippen molar-refractivity contribution in [1.29, 1.82) is 0 Å². The predicted molar refractivity (Wildman–Crippen MR) is 91.0 cm³/mol. The van der Waals surface area contributed by atoms with Gasteiger partial charge in [-0.05, 0) is 61.3 Å². The maximum atomic E-state index is 9.79. The molecule has 0 aliphatic heterocycles. The zero-order valence-electron chi connectivity index (χ0n) is 13.6. The van der Waals surface area contributed by atoms with Crippen LogP contribution in [-0.2, 0) is 6.54 Å². The van der Waals surface area contributed by atoms with Gasteiger partial charge in [-0.2, -0.15) is 0 Å². The van der Waals surface area contributed by atoms with Gasteiger partial charge in [0.1, 0.15) is 0 Å². The van der Waals surface area contributed by atoms with E-state index in [1.54, 1.807) is 7.11 Å². The van der Waals surface area contributed by atoms with Crippen LogP contribution in [0.4, 0.5) is 0 Å². The second kappa shape index (κ2) is 8.61. The smallest absolute Gasteiger partial charge is 0.172 e. The summed E-state index contributed by atoms with van der Waals surface area (Å²) in [6.07, 6.45) is 0. The lowest BCUT2D eigenvalue weighted by Crippen LogP contribution is -2.41. The molecule has 0 fully saturated rings. The van der Waals surface area contributed by atoms with Crippen LogP contribution in [0.25, 0.3) is 0 Å². The van der Waals surface area contributed by atoms with E-state index >= 15 is 0 Å². The molecule has 1 rings (SSSR count). The number of aromatic hydroxyl groups is 1. The lowest BCUT2D eigenvalue weighted by molar-refractivity contribution is 0.176. The largest absolute Gasteiger partial charge is 0.503 e. The first kappa shape index (κ1) is 18.3. The molecule has 21 heavy (non-hydrogen) atoms. The number of nitrogens with one attached hydrogen (secondary N) is 1. The number of methoxy groups -OCH3 is 1. The van der Waals surface area contributed by atoms with Crippen LogP contribution >= 0.6 is 15.9 Å². The van der Waals surface area contributed by atoms with Gasteiger partial charge in [0, 0.05) is 31.7 Å². The normalized spacial score (nSPS) is 11.7. The van der Waals surface area contributed by atoms with Crippen LogP contribution in [0.2, 0.25) is 0 Å². The van der Waals surface area contributed by atoms with E-state index in [1.807, 2.05) is 12.1 Å². The minimum Gasteiger partial charge on any atom is -0.503 e. The average Bonchev–Trinajstić information content (AvgIpc) is 2.41. The molecular weight excluding hydrogens is 332 g/mol.